The van der Waals surface area contributed by atoms with Crippen molar-refractivity contribution < 1.29 is 4.79 Å². The van der Waals surface area contributed by atoms with E-state index in [-0.39, 0.29) is 11.2 Å². The van der Waals surface area contributed by atoms with E-state index in [0.29, 0.717) is 13.0 Å². The summed E-state index contributed by atoms with van der Waals surface area (Å²) in [6, 6.07) is 20.3. The number of nitrogens with zero attached hydrogens (tertiary/aromatic N) is 2. The van der Waals surface area contributed by atoms with Gasteiger partial charge in [0.25, 0.3) is 0 Å². The zero-order valence-corrected chi connectivity index (χ0v) is 14.7. The highest BCUT2D eigenvalue weighted by molar-refractivity contribution is 6.04. The van der Waals surface area contributed by atoms with Crippen LogP contribution >= 0.6 is 0 Å². The van der Waals surface area contributed by atoms with Crippen LogP contribution in [0.5, 0.6) is 0 Å². The van der Waals surface area contributed by atoms with Gasteiger partial charge in [-0.1, -0.05) is 74.5 Å². The molecule has 2 aromatic carbocycles. The van der Waals surface area contributed by atoms with Gasteiger partial charge in [-0.15, -0.1) is 0 Å². The molecule has 1 aliphatic rings. The summed E-state index contributed by atoms with van der Waals surface area (Å²) in [7, 11) is 0. The first-order valence-corrected chi connectivity index (χ1v) is 8.76. The van der Waals surface area contributed by atoms with Gasteiger partial charge in [0, 0.05) is 12.0 Å². The summed E-state index contributed by atoms with van der Waals surface area (Å²) in [5.41, 5.74) is 4.91. The van der Waals surface area contributed by atoms with E-state index in [9.17, 15) is 4.79 Å². The first-order valence-electron chi connectivity index (χ1n) is 8.76. The van der Waals surface area contributed by atoms with Crippen LogP contribution in [-0.2, 0) is 13.0 Å². The number of fused-ring (bicyclic) bond motifs is 1. The lowest BCUT2D eigenvalue weighted by Crippen LogP contribution is -2.28. The molecule has 0 atom stereocenters. The van der Waals surface area contributed by atoms with Crippen LogP contribution in [-0.4, -0.2) is 15.6 Å². The lowest BCUT2D eigenvalue weighted by molar-refractivity contribution is 0.0910. The molecule has 0 unspecified atom stereocenters. The van der Waals surface area contributed by atoms with Gasteiger partial charge in [-0.2, -0.15) is 5.10 Å². The summed E-state index contributed by atoms with van der Waals surface area (Å²) in [6.07, 6.45) is 1.46. The fraction of sp³-hybridized carbons (Fsp3) is 0.273. The van der Waals surface area contributed by atoms with E-state index in [1.807, 2.05) is 53.2 Å². The molecule has 3 heteroatoms. The van der Waals surface area contributed by atoms with Gasteiger partial charge in [0.05, 0.1) is 17.8 Å². The molecule has 126 valence electrons. The molecule has 0 fully saturated rings. The van der Waals surface area contributed by atoms with Crippen molar-refractivity contribution in [3.8, 4) is 11.3 Å². The average molecular weight is 330 g/mol. The van der Waals surface area contributed by atoms with Crippen LogP contribution in [0, 0.1) is 5.41 Å². The van der Waals surface area contributed by atoms with Gasteiger partial charge in [0.15, 0.2) is 5.78 Å². The molecule has 3 nitrogen and oxygen atoms in total. The summed E-state index contributed by atoms with van der Waals surface area (Å²) in [5, 5.41) is 4.87. The van der Waals surface area contributed by atoms with E-state index in [4.69, 9.17) is 5.10 Å². The largest absolute Gasteiger partial charge is 0.294 e. The van der Waals surface area contributed by atoms with E-state index < -0.39 is 0 Å². The summed E-state index contributed by atoms with van der Waals surface area (Å²) < 4.78 is 2.03. The molecule has 0 saturated heterocycles. The number of carbonyl (C=O) groups is 1. The van der Waals surface area contributed by atoms with Crippen LogP contribution in [0.3, 0.4) is 0 Å². The summed E-state index contributed by atoms with van der Waals surface area (Å²) >= 11 is 0. The van der Waals surface area contributed by atoms with Crippen molar-refractivity contribution in [2.24, 2.45) is 5.41 Å². The molecule has 25 heavy (non-hydrogen) atoms. The van der Waals surface area contributed by atoms with Crippen molar-refractivity contribution in [1.82, 2.24) is 9.78 Å². The molecule has 3 aromatic rings. The third kappa shape index (κ3) is 3.02. The Kier molecular flexibility index (Phi) is 3.79. The van der Waals surface area contributed by atoms with Crippen LogP contribution in [0.1, 0.15) is 41.9 Å². The molecule has 0 spiro atoms. The standard InChI is InChI=1S/C22H22N2O/c1-22(2)13-18-20(19(25)14-22)21(17-11-7-4-8-12-17)23-24(18)15-16-9-5-3-6-10-16/h3-12H,13-15H2,1-2H3. The van der Waals surface area contributed by atoms with Crippen LogP contribution < -0.4 is 0 Å². The van der Waals surface area contributed by atoms with Gasteiger partial charge in [-0.25, -0.2) is 0 Å². The third-order valence-electron chi connectivity index (χ3n) is 4.84. The van der Waals surface area contributed by atoms with Gasteiger partial charge < -0.3 is 0 Å². The molecule has 0 radical (unpaired) electrons. The Morgan fingerprint density at radius 3 is 2.28 bits per heavy atom. The fourth-order valence-corrected chi connectivity index (χ4v) is 3.69. The summed E-state index contributed by atoms with van der Waals surface area (Å²) in [6.45, 7) is 5.02. The second kappa shape index (κ2) is 5.99. The van der Waals surface area contributed by atoms with Crippen LogP contribution in [0.15, 0.2) is 60.7 Å². The van der Waals surface area contributed by atoms with Gasteiger partial charge in [0.1, 0.15) is 5.69 Å². The molecule has 0 amide bonds. The normalized spacial score (nSPS) is 15.8. The quantitative estimate of drug-likeness (QED) is 0.694. The minimum absolute atomic E-state index is 0.0213. The van der Waals surface area contributed by atoms with E-state index >= 15 is 0 Å². The van der Waals surface area contributed by atoms with Crippen molar-refractivity contribution >= 4 is 5.78 Å². The Hall–Kier alpha value is -2.68. The van der Waals surface area contributed by atoms with Gasteiger partial charge in [0.2, 0.25) is 0 Å². The first-order chi connectivity index (χ1) is 12.0. The van der Waals surface area contributed by atoms with Crippen molar-refractivity contribution in [2.75, 3.05) is 0 Å². The Balaban J connectivity index is 1.86. The third-order valence-corrected chi connectivity index (χ3v) is 4.84. The second-order valence-corrected chi connectivity index (χ2v) is 7.62. The lowest BCUT2D eigenvalue weighted by Gasteiger charge is -2.29. The number of benzene rings is 2. The zero-order valence-electron chi connectivity index (χ0n) is 14.7. The lowest BCUT2D eigenvalue weighted by atomic mass is 9.75. The predicted octanol–water partition coefficient (Wildman–Crippen LogP) is 4.75. The van der Waals surface area contributed by atoms with Crippen LogP contribution in [0.2, 0.25) is 0 Å². The molecule has 1 aromatic heterocycles. The second-order valence-electron chi connectivity index (χ2n) is 7.62. The highest BCUT2D eigenvalue weighted by Gasteiger charge is 2.36. The van der Waals surface area contributed by atoms with Crippen LogP contribution in [0.4, 0.5) is 0 Å². The van der Waals surface area contributed by atoms with Gasteiger partial charge in [-0.05, 0) is 17.4 Å². The molecule has 0 saturated carbocycles. The average Bonchev–Trinajstić information content (AvgIpc) is 2.94. The number of Topliss-reactive ketones (excluding diaryl/α,β-unsaturated/α-hetero) is 1. The monoisotopic (exact) mass is 330 g/mol. The Labute approximate surface area is 148 Å². The summed E-state index contributed by atoms with van der Waals surface area (Å²) in [4.78, 5) is 12.9. The highest BCUT2D eigenvalue weighted by atomic mass is 16.1. The molecule has 0 N–H and O–H groups in total. The Bertz CT molecular complexity index is 908. The topological polar surface area (TPSA) is 34.9 Å². The molecular formula is C22H22N2O. The number of aromatic nitrogens is 2. The highest BCUT2D eigenvalue weighted by Crippen LogP contribution is 2.39. The van der Waals surface area contributed by atoms with Gasteiger partial charge >= 0.3 is 0 Å². The SMILES string of the molecule is CC1(C)CC(=O)c2c(-c3ccccc3)nn(Cc3ccccc3)c2C1. The first kappa shape index (κ1) is 15.8. The smallest absolute Gasteiger partial charge is 0.167 e. The van der Waals surface area contributed by atoms with Crippen molar-refractivity contribution in [1.29, 1.82) is 0 Å². The molecule has 0 aliphatic heterocycles. The minimum atomic E-state index is -0.0213. The van der Waals surface area contributed by atoms with Gasteiger partial charge in [-0.3, -0.25) is 9.48 Å². The molecule has 4 rings (SSSR count). The van der Waals surface area contributed by atoms with Crippen molar-refractivity contribution in [2.45, 2.75) is 33.2 Å². The number of hydrogen-bond donors (Lipinski definition) is 0. The van der Waals surface area contributed by atoms with Crippen LogP contribution in [0.25, 0.3) is 11.3 Å². The molecular weight excluding hydrogens is 308 g/mol. The van der Waals surface area contributed by atoms with E-state index in [0.717, 1.165) is 28.9 Å². The Morgan fingerprint density at radius 1 is 0.960 bits per heavy atom. The van der Waals surface area contributed by atoms with E-state index in [1.165, 1.54) is 5.56 Å². The van der Waals surface area contributed by atoms with Crippen molar-refractivity contribution in [3.05, 3.63) is 77.5 Å². The Morgan fingerprint density at radius 2 is 1.60 bits per heavy atom. The fourth-order valence-electron chi connectivity index (χ4n) is 3.69. The summed E-state index contributed by atoms with van der Waals surface area (Å²) in [5.74, 6) is 0.212. The number of hydrogen-bond acceptors (Lipinski definition) is 2. The van der Waals surface area contributed by atoms with E-state index in [2.05, 4.69) is 26.0 Å². The zero-order chi connectivity index (χ0) is 17.4. The molecule has 0 bridgehead atoms. The number of carbonyl (C=O) groups excluding carboxylic acids is 1. The maximum atomic E-state index is 12.9. The predicted molar refractivity (Wildman–Crippen MR) is 99.6 cm³/mol. The maximum Gasteiger partial charge on any atom is 0.167 e. The molecule has 1 heterocycles. The number of rotatable bonds is 3. The maximum absolute atomic E-state index is 12.9. The molecule has 1 aliphatic carbocycles. The van der Waals surface area contributed by atoms with E-state index in [1.54, 1.807) is 0 Å². The van der Waals surface area contributed by atoms with Crippen molar-refractivity contribution in [3.63, 3.8) is 0 Å². The number of ketones is 1. The minimum Gasteiger partial charge on any atom is -0.294 e.